The molecule has 0 spiro atoms. The van der Waals surface area contributed by atoms with E-state index in [-0.39, 0.29) is 11.7 Å². The van der Waals surface area contributed by atoms with Crippen LogP contribution in [0.1, 0.15) is 45.9 Å². The maximum absolute atomic E-state index is 12.3. The van der Waals surface area contributed by atoms with Gasteiger partial charge in [-0.05, 0) is 73.6 Å². The van der Waals surface area contributed by atoms with Crippen LogP contribution in [0.3, 0.4) is 0 Å². The molecule has 5 heteroatoms. The summed E-state index contributed by atoms with van der Waals surface area (Å²) in [5.74, 6) is 0.752. The molecule has 0 fully saturated rings. The molecule has 1 heterocycles. The van der Waals surface area contributed by atoms with Crippen molar-refractivity contribution in [3.05, 3.63) is 51.2 Å². The summed E-state index contributed by atoms with van der Waals surface area (Å²) in [4.78, 5) is 14.4. The first-order valence-electron chi connectivity index (χ1n) is 7.78. The number of hydrogen-bond donors (Lipinski definition) is 2. The first-order valence-corrected chi connectivity index (χ1v) is 8.60. The number of aryl methyl sites for hydroxylation is 1. The van der Waals surface area contributed by atoms with Gasteiger partial charge in [-0.3, -0.25) is 4.79 Å². The summed E-state index contributed by atoms with van der Waals surface area (Å²) in [6, 6.07) is 8.75. The van der Waals surface area contributed by atoms with Gasteiger partial charge in [0.15, 0.2) is 0 Å². The van der Waals surface area contributed by atoms with Gasteiger partial charge < -0.3 is 5.11 Å². The molecule has 0 aliphatic heterocycles. The summed E-state index contributed by atoms with van der Waals surface area (Å²) in [5.41, 5.74) is 5.51. The van der Waals surface area contributed by atoms with Gasteiger partial charge >= 0.3 is 0 Å². The standard InChI is InChI=1S/C18H20N2O2S/c1-11-3-8-16-14(9-11)10-17(23-16)18(22)20-19-12(2)13-4-6-15(21)7-5-13/h4-7,10-11,21H,3,8-9H2,1-2H3,(H,20,22)/b19-12+/t11-/m1/s1. The quantitative estimate of drug-likeness (QED) is 0.666. The number of nitrogens with one attached hydrogen (secondary N) is 1. The van der Waals surface area contributed by atoms with E-state index in [0.29, 0.717) is 11.6 Å². The number of phenolic OH excluding ortho intramolecular Hbond substituents is 1. The highest BCUT2D eigenvalue weighted by Crippen LogP contribution is 2.32. The molecule has 1 amide bonds. The second-order valence-electron chi connectivity index (χ2n) is 6.09. The van der Waals surface area contributed by atoms with Crippen molar-refractivity contribution < 1.29 is 9.90 Å². The number of amides is 1. The Morgan fingerprint density at radius 3 is 2.83 bits per heavy atom. The molecule has 1 atom stereocenters. The van der Waals surface area contributed by atoms with Gasteiger partial charge in [0.2, 0.25) is 0 Å². The summed E-state index contributed by atoms with van der Waals surface area (Å²) in [6.07, 6.45) is 3.34. The van der Waals surface area contributed by atoms with E-state index in [1.54, 1.807) is 35.6 Å². The number of benzene rings is 1. The van der Waals surface area contributed by atoms with Gasteiger partial charge in [0.25, 0.3) is 5.91 Å². The average molecular weight is 328 g/mol. The largest absolute Gasteiger partial charge is 0.508 e. The van der Waals surface area contributed by atoms with Crippen LogP contribution in [0.4, 0.5) is 0 Å². The Bertz CT molecular complexity index is 747. The normalized spacial score (nSPS) is 17.7. The zero-order valence-corrected chi connectivity index (χ0v) is 14.1. The van der Waals surface area contributed by atoms with E-state index in [9.17, 15) is 9.90 Å². The molecule has 1 aliphatic carbocycles. The number of carbonyl (C=O) groups excluding carboxylic acids is 1. The molecule has 1 aromatic carbocycles. The average Bonchev–Trinajstić information content (AvgIpc) is 2.96. The van der Waals surface area contributed by atoms with Crippen molar-refractivity contribution in [2.24, 2.45) is 11.0 Å². The third kappa shape index (κ3) is 3.62. The molecule has 0 unspecified atom stereocenters. The Balaban J connectivity index is 1.69. The number of nitrogens with zero attached hydrogens (tertiary/aromatic N) is 1. The van der Waals surface area contributed by atoms with Gasteiger partial charge in [-0.1, -0.05) is 6.92 Å². The summed E-state index contributed by atoms with van der Waals surface area (Å²) < 4.78 is 0. The van der Waals surface area contributed by atoms with Gasteiger partial charge in [0, 0.05) is 4.88 Å². The van der Waals surface area contributed by atoms with Crippen molar-refractivity contribution in [3.8, 4) is 5.75 Å². The fourth-order valence-corrected chi connectivity index (χ4v) is 3.87. The highest BCUT2D eigenvalue weighted by molar-refractivity contribution is 7.14. The molecule has 3 rings (SSSR count). The van der Waals surface area contributed by atoms with Crippen LogP contribution < -0.4 is 5.43 Å². The fraction of sp³-hybridized carbons (Fsp3) is 0.333. The minimum atomic E-state index is -0.157. The van der Waals surface area contributed by atoms with E-state index in [4.69, 9.17) is 0 Å². The molecule has 0 bridgehead atoms. The van der Waals surface area contributed by atoms with Crippen LogP contribution in [0.15, 0.2) is 35.4 Å². The Morgan fingerprint density at radius 1 is 1.35 bits per heavy atom. The number of phenols is 1. The predicted octanol–water partition coefficient (Wildman–Crippen LogP) is 3.73. The first kappa shape index (κ1) is 15.7. The van der Waals surface area contributed by atoms with Crippen molar-refractivity contribution in [1.82, 2.24) is 5.43 Å². The molecule has 2 aromatic rings. The zero-order chi connectivity index (χ0) is 16.4. The number of aromatic hydroxyl groups is 1. The summed E-state index contributed by atoms with van der Waals surface area (Å²) in [5, 5.41) is 13.5. The van der Waals surface area contributed by atoms with E-state index in [2.05, 4.69) is 17.5 Å². The minimum Gasteiger partial charge on any atom is -0.508 e. The molecule has 0 saturated heterocycles. The molecule has 4 nitrogen and oxygen atoms in total. The highest BCUT2D eigenvalue weighted by Gasteiger charge is 2.20. The number of hydrogen-bond acceptors (Lipinski definition) is 4. The Morgan fingerprint density at radius 2 is 2.09 bits per heavy atom. The van der Waals surface area contributed by atoms with Crippen molar-refractivity contribution in [2.45, 2.75) is 33.1 Å². The van der Waals surface area contributed by atoms with Gasteiger partial charge in [-0.25, -0.2) is 5.43 Å². The van der Waals surface area contributed by atoms with Gasteiger partial charge in [-0.15, -0.1) is 11.3 Å². The molecule has 0 saturated carbocycles. The van der Waals surface area contributed by atoms with E-state index < -0.39 is 0 Å². The van der Waals surface area contributed by atoms with E-state index in [1.807, 2.05) is 13.0 Å². The summed E-state index contributed by atoms with van der Waals surface area (Å²) in [7, 11) is 0. The Kier molecular flexibility index (Phi) is 4.48. The third-order valence-electron chi connectivity index (χ3n) is 4.16. The molecule has 1 aromatic heterocycles. The first-order chi connectivity index (χ1) is 11.0. The highest BCUT2D eigenvalue weighted by atomic mass is 32.1. The number of rotatable bonds is 3. The molecule has 1 aliphatic rings. The maximum Gasteiger partial charge on any atom is 0.281 e. The molecule has 23 heavy (non-hydrogen) atoms. The van der Waals surface area contributed by atoms with Gasteiger partial charge in [-0.2, -0.15) is 5.10 Å². The van der Waals surface area contributed by atoms with Crippen LogP contribution in [-0.4, -0.2) is 16.7 Å². The predicted molar refractivity (Wildman–Crippen MR) is 93.3 cm³/mol. The number of carbonyl (C=O) groups is 1. The lowest BCUT2D eigenvalue weighted by Crippen LogP contribution is -2.18. The van der Waals surface area contributed by atoms with E-state index >= 15 is 0 Å². The zero-order valence-electron chi connectivity index (χ0n) is 13.3. The van der Waals surface area contributed by atoms with Crippen LogP contribution in [0.5, 0.6) is 5.75 Å². The SMILES string of the molecule is C/C(=N\NC(=O)c1cc2c(s1)CC[C@@H](C)C2)c1ccc(O)cc1. The molecular formula is C18H20N2O2S. The number of fused-ring (bicyclic) bond motifs is 1. The second-order valence-corrected chi connectivity index (χ2v) is 7.23. The van der Waals surface area contributed by atoms with Crippen molar-refractivity contribution in [2.75, 3.05) is 0 Å². The Hall–Kier alpha value is -2.14. The fourth-order valence-electron chi connectivity index (χ4n) is 2.77. The van der Waals surface area contributed by atoms with E-state index in [0.717, 1.165) is 23.3 Å². The smallest absolute Gasteiger partial charge is 0.281 e. The lowest BCUT2D eigenvalue weighted by molar-refractivity contribution is 0.0959. The van der Waals surface area contributed by atoms with E-state index in [1.165, 1.54) is 16.9 Å². The monoisotopic (exact) mass is 328 g/mol. The van der Waals surface area contributed by atoms with Crippen LogP contribution in [-0.2, 0) is 12.8 Å². The summed E-state index contributed by atoms with van der Waals surface area (Å²) in [6.45, 7) is 4.08. The molecule has 0 radical (unpaired) electrons. The maximum atomic E-state index is 12.3. The number of thiophene rings is 1. The van der Waals surface area contributed by atoms with Gasteiger partial charge in [0.1, 0.15) is 5.75 Å². The van der Waals surface area contributed by atoms with Crippen molar-refractivity contribution >= 4 is 23.0 Å². The van der Waals surface area contributed by atoms with Crippen LogP contribution in [0, 0.1) is 5.92 Å². The third-order valence-corrected chi connectivity index (χ3v) is 5.40. The minimum absolute atomic E-state index is 0.157. The topological polar surface area (TPSA) is 61.7 Å². The molecule has 120 valence electrons. The van der Waals surface area contributed by atoms with Crippen molar-refractivity contribution in [1.29, 1.82) is 0 Å². The molecular weight excluding hydrogens is 308 g/mol. The van der Waals surface area contributed by atoms with Crippen LogP contribution >= 0.6 is 11.3 Å². The molecule has 2 N–H and O–H groups in total. The lowest BCUT2D eigenvalue weighted by Gasteiger charge is -2.16. The van der Waals surface area contributed by atoms with Crippen molar-refractivity contribution in [3.63, 3.8) is 0 Å². The Labute approximate surface area is 139 Å². The van der Waals surface area contributed by atoms with Crippen LogP contribution in [0.25, 0.3) is 0 Å². The second kappa shape index (κ2) is 6.54. The van der Waals surface area contributed by atoms with Crippen LogP contribution in [0.2, 0.25) is 0 Å². The lowest BCUT2D eigenvalue weighted by atomic mass is 9.90. The summed E-state index contributed by atoms with van der Waals surface area (Å²) >= 11 is 1.58. The number of hydrazone groups is 1. The van der Waals surface area contributed by atoms with Gasteiger partial charge in [0.05, 0.1) is 10.6 Å².